The minimum atomic E-state index is -0.691. The molecule has 20 heavy (non-hydrogen) atoms. The van der Waals surface area contributed by atoms with Gasteiger partial charge < -0.3 is 10.6 Å². The summed E-state index contributed by atoms with van der Waals surface area (Å²) in [6.07, 6.45) is 3.24. The summed E-state index contributed by atoms with van der Waals surface area (Å²) in [5, 5.41) is 8.55. The number of nitrogens with one attached hydrogen (secondary N) is 2. The van der Waals surface area contributed by atoms with Gasteiger partial charge in [0.2, 0.25) is 0 Å². The third-order valence-corrected chi connectivity index (χ3v) is 3.43. The van der Waals surface area contributed by atoms with E-state index in [0.29, 0.717) is 19.5 Å². The van der Waals surface area contributed by atoms with Crippen LogP contribution in [0, 0.1) is 11.6 Å². The van der Waals surface area contributed by atoms with E-state index in [1.165, 1.54) is 0 Å². The number of halogens is 2. The molecule has 0 unspecified atom stereocenters. The van der Waals surface area contributed by atoms with E-state index < -0.39 is 11.6 Å². The molecule has 0 saturated heterocycles. The molecule has 7 heteroatoms. The third kappa shape index (κ3) is 3.86. The Morgan fingerprint density at radius 1 is 1.15 bits per heavy atom. The van der Waals surface area contributed by atoms with Crippen LogP contribution in [0.5, 0.6) is 0 Å². The first-order valence-corrected chi connectivity index (χ1v) is 7.30. The summed E-state index contributed by atoms with van der Waals surface area (Å²) in [5.41, 5.74) is 0. The first kappa shape index (κ1) is 14.6. The highest BCUT2D eigenvalue weighted by atomic mass is 32.1. The lowest BCUT2D eigenvalue weighted by atomic mass is 10.3. The van der Waals surface area contributed by atoms with Gasteiger partial charge in [-0.1, -0.05) is 6.92 Å². The maximum atomic E-state index is 13.6. The van der Waals surface area contributed by atoms with Crippen LogP contribution in [0.4, 0.5) is 20.4 Å². The van der Waals surface area contributed by atoms with Gasteiger partial charge in [0.15, 0.2) is 23.3 Å². The van der Waals surface area contributed by atoms with Gasteiger partial charge in [0, 0.05) is 37.2 Å². The fourth-order valence-corrected chi connectivity index (χ4v) is 2.24. The van der Waals surface area contributed by atoms with Gasteiger partial charge in [-0.25, -0.2) is 18.7 Å². The minimum absolute atomic E-state index is 0.0570. The Bertz CT molecular complexity index is 546. The van der Waals surface area contributed by atoms with Gasteiger partial charge in [-0.2, -0.15) is 0 Å². The molecule has 0 atom stereocenters. The molecule has 108 valence electrons. The number of pyridine rings is 1. The number of rotatable bonds is 7. The van der Waals surface area contributed by atoms with Gasteiger partial charge in [0.1, 0.15) is 0 Å². The lowest BCUT2D eigenvalue weighted by Gasteiger charge is -2.10. The van der Waals surface area contributed by atoms with Crippen molar-refractivity contribution in [3.8, 4) is 0 Å². The van der Waals surface area contributed by atoms with Crippen molar-refractivity contribution in [2.24, 2.45) is 0 Å². The summed E-state index contributed by atoms with van der Waals surface area (Å²) in [7, 11) is 0. The van der Waals surface area contributed by atoms with Crippen LogP contribution in [0.3, 0.4) is 0 Å². The Morgan fingerprint density at radius 2 is 1.85 bits per heavy atom. The normalized spacial score (nSPS) is 10.6. The molecule has 0 spiro atoms. The van der Waals surface area contributed by atoms with Gasteiger partial charge in [0.05, 0.1) is 5.01 Å². The lowest BCUT2D eigenvalue weighted by molar-refractivity contribution is 0.577. The van der Waals surface area contributed by atoms with E-state index in [2.05, 4.69) is 20.6 Å². The van der Waals surface area contributed by atoms with E-state index >= 15 is 0 Å². The molecule has 2 aromatic heterocycles. The van der Waals surface area contributed by atoms with Gasteiger partial charge in [-0.05, 0) is 6.42 Å². The summed E-state index contributed by atoms with van der Waals surface area (Å²) in [4.78, 5) is 8.07. The number of nitrogens with zero attached hydrogens (tertiary/aromatic N) is 2. The van der Waals surface area contributed by atoms with Crippen molar-refractivity contribution >= 4 is 23.0 Å². The number of hydrogen-bond acceptors (Lipinski definition) is 5. The molecule has 2 rings (SSSR count). The largest absolute Gasteiger partial charge is 0.368 e. The predicted octanol–water partition coefficient (Wildman–Crippen LogP) is 3.29. The maximum absolute atomic E-state index is 13.6. The molecule has 0 bridgehead atoms. The molecule has 0 fully saturated rings. The summed E-state index contributed by atoms with van der Waals surface area (Å²) in [6, 6.07) is 0.844. The zero-order valence-corrected chi connectivity index (χ0v) is 11.9. The SMILES string of the molecule is CCCNc1nc(NCCc2nccs2)c(F)cc1F. The van der Waals surface area contributed by atoms with Crippen LogP contribution in [-0.4, -0.2) is 23.1 Å². The first-order valence-electron chi connectivity index (χ1n) is 6.43. The molecule has 0 radical (unpaired) electrons. The van der Waals surface area contributed by atoms with E-state index in [1.54, 1.807) is 17.5 Å². The Hall–Kier alpha value is -1.76. The van der Waals surface area contributed by atoms with Crippen LogP contribution >= 0.6 is 11.3 Å². The highest BCUT2D eigenvalue weighted by molar-refractivity contribution is 7.09. The van der Waals surface area contributed by atoms with Crippen molar-refractivity contribution < 1.29 is 8.78 Å². The molecular weight excluding hydrogens is 282 g/mol. The molecule has 2 N–H and O–H groups in total. The molecule has 0 amide bonds. The fourth-order valence-electron chi connectivity index (χ4n) is 1.62. The molecule has 2 heterocycles. The van der Waals surface area contributed by atoms with Crippen LogP contribution in [0.25, 0.3) is 0 Å². The maximum Gasteiger partial charge on any atom is 0.168 e. The van der Waals surface area contributed by atoms with Crippen LogP contribution < -0.4 is 10.6 Å². The van der Waals surface area contributed by atoms with Crippen LogP contribution in [0.15, 0.2) is 17.6 Å². The Balaban J connectivity index is 1.99. The van der Waals surface area contributed by atoms with Crippen molar-refractivity contribution in [3.05, 3.63) is 34.3 Å². The molecule has 0 aliphatic carbocycles. The second kappa shape index (κ2) is 7.14. The number of hydrogen-bond donors (Lipinski definition) is 2. The summed E-state index contributed by atoms with van der Waals surface area (Å²) < 4.78 is 27.1. The lowest BCUT2D eigenvalue weighted by Crippen LogP contribution is -2.11. The number of aromatic nitrogens is 2. The van der Waals surface area contributed by atoms with E-state index in [0.717, 1.165) is 17.5 Å². The second-order valence-electron chi connectivity index (χ2n) is 4.18. The quantitative estimate of drug-likeness (QED) is 0.823. The van der Waals surface area contributed by atoms with Crippen molar-refractivity contribution in [3.63, 3.8) is 0 Å². The second-order valence-corrected chi connectivity index (χ2v) is 5.16. The van der Waals surface area contributed by atoms with Gasteiger partial charge in [-0.3, -0.25) is 0 Å². The van der Waals surface area contributed by atoms with E-state index in [4.69, 9.17) is 0 Å². The monoisotopic (exact) mass is 298 g/mol. The molecule has 0 saturated carbocycles. The average molecular weight is 298 g/mol. The van der Waals surface area contributed by atoms with Gasteiger partial charge in [0.25, 0.3) is 0 Å². The Labute approximate surface area is 120 Å². The highest BCUT2D eigenvalue weighted by Crippen LogP contribution is 2.19. The van der Waals surface area contributed by atoms with Crippen molar-refractivity contribution in [2.75, 3.05) is 23.7 Å². The Kier molecular flexibility index (Phi) is 5.23. The third-order valence-electron chi connectivity index (χ3n) is 2.59. The average Bonchev–Trinajstić information content (AvgIpc) is 2.93. The highest BCUT2D eigenvalue weighted by Gasteiger charge is 2.11. The molecule has 0 aliphatic rings. The summed E-state index contributed by atoms with van der Waals surface area (Å²) in [5.74, 6) is -1.24. The van der Waals surface area contributed by atoms with Gasteiger partial charge in [-0.15, -0.1) is 11.3 Å². The van der Waals surface area contributed by atoms with Crippen molar-refractivity contribution in [1.82, 2.24) is 9.97 Å². The van der Waals surface area contributed by atoms with Crippen molar-refractivity contribution in [2.45, 2.75) is 19.8 Å². The van der Waals surface area contributed by atoms with Crippen LogP contribution in [0.2, 0.25) is 0 Å². The molecule has 0 aliphatic heterocycles. The molecule has 0 aromatic carbocycles. The smallest absolute Gasteiger partial charge is 0.168 e. The standard InChI is InChI=1S/C13H16F2N4S/c1-2-4-17-12-9(14)8-10(15)13(19-12)18-5-3-11-16-6-7-20-11/h6-8H,2-5H2,1H3,(H2,17,18,19). The van der Waals surface area contributed by atoms with Crippen molar-refractivity contribution in [1.29, 1.82) is 0 Å². The van der Waals surface area contributed by atoms with Crippen LogP contribution in [-0.2, 0) is 6.42 Å². The predicted molar refractivity (Wildman–Crippen MR) is 77.2 cm³/mol. The summed E-state index contributed by atoms with van der Waals surface area (Å²) in [6.45, 7) is 3.05. The Morgan fingerprint density at radius 3 is 2.45 bits per heavy atom. The zero-order chi connectivity index (χ0) is 14.4. The van der Waals surface area contributed by atoms with E-state index in [9.17, 15) is 8.78 Å². The molecule has 4 nitrogen and oxygen atoms in total. The zero-order valence-electron chi connectivity index (χ0n) is 11.1. The summed E-state index contributed by atoms with van der Waals surface area (Å²) >= 11 is 1.54. The minimum Gasteiger partial charge on any atom is -0.368 e. The molecule has 2 aromatic rings. The fraction of sp³-hybridized carbons (Fsp3) is 0.385. The molecular formula is C13H16F2N4S. The first-order chi connectivity index (χ1) is 9.70. The number of thiazole rings is 1. The topological polar surface area (TPSA) is 49.8 Å². The number of anilines is 2. The van der Waals surface area contributed by atoms with E-state index in [1.807, 2.05) is 12.3 Å². The van der Waals surface area contributed by atoms with Gasteiger partial charge >= 0.3 is 0 Å². The van der Waals surface area contributed by atoms with Crippen LogP contribution in [0.1, 0.15) is 18.4 Å². The van der Waals surface area contributed by atoms with E-state index in [-0.39, 0.29) is 11.6 Å².